The van der Waals surface area contributed by atoms with Gasteiger partial charge in [-0.05, 0) is 12.1 Å². The number of anilines is 7. The minimum atomic E-state index is 0. The third-order valence-corrected chi connectivity index (χ3v) is 11.0. The molecule has 0 saturated heterocycles. The maximum absolute atomic E-state index is 6.46. The van der Waals surface area contributed by atoms with Crippen molar-refractivity contribution in [3.8, 4) is 11.5 Å². The van der Waals surface area contributed by atoms with Crippen LogP contribution < -0.4 is 28.4 Å². The molecular formula is C37H22N5OPtSSe-3. The Morgan fingerprint density at radius 1 is 0.696 bits per heavy atom. The van der Waals surface area contributed by atoms with Gasteiger partial charge in [-0.25, -0.2) is 0 Å². The Morgan fingerprint density at radius 2 is 1.48 bits per heavy atom. The van der Waals surface area contributed by atoms with Crippen LogP contribution in [0.2, 0.25) is 0 Å². The number of benzene rings is 5. The number of hydrogen-bond donors (Lipinski definition) is 0. The minimum absolute atomic E-state index is 0. The zero-order chi connectivity index (χ0) is 29.7. The van der Waals surface area contributed by atoms with E-state index in [4.69, 9.17) is 9.72 Å². The SMILES string of the molecule is [Pt].[c-]1c(Oc2[c-]c3c(cc2)[Se]c2cnccc2N3c2nc3ccccc3s2)cccc1N1[CH-]N(c2ccccc2)c2ccccc21. The molecule has 46 heavy (non-hydrogen) atoms. The van der Waals surface area contributed by atoms with Gasteiger partial charge in [0.05, 0.1) is 0 Å². The molecule has 0 fully saturated rings. The monoisotopic (exact) mass is 859 g/mol. The van der Waals surface area contributed by atoms with E-state index in [0.29, 0.717) is 11.5 Å². The Labute approximate surface area is 291 Å². The molecule has 0 spiro atoms. The van der Waals surface area contributed by atoms with Crippen LogP contribution in [-0.4, -0.2) is 24.9 Å². The fourth-order valence-electron chi connectivity index (χ4n) is 5.64. The van der Waals surface area contributed by atoms with Gasteiger partial charge in [0.25, 0.3) is 0 Å². The van der Waals surface area contributed by atoms with Crippen molar-refractivity contribution in [2.45, 2.75) is 0 Å². The van der Waals surface area contributed by atoms with Gasteiger partial charge in [-0.2, -0.15) is 0 Å². The molecule has 0 bridgehead atoms. The van der Waals surface area contributed by atoms with E-state index in [1.54, 1.807) is 11.3 Å². The van der Waals surface area contributed by atoms with Crippen molar-refractivity contribution < 1.29 is 25.8 Å². The van der Waals surface area contributed by atoms with Crippen LogP contribution in [0, 0.1) is 18.8 Å². The van der Waals surface area contributed by atoms with Gasteiger partial charge in [-0.1, -0.05) is 24.3 Å². The van der Waals surface area contributed by atoms with Crippen LogP contribution in [-0.2, 0) is 21.1 Å². The van der Waals surface area contributed by atoms with Gasteiger partial charge in [0, 0.05) is 21.1 Å². The maximum atomic E-state index is 6.46. The summed E-state index contributed by atoms with van der Waals surface area (Å²) in [5, 5.41) is 0.897. The summed E-state index contributed by atoms with van der Waals surface area (Å²) in [6, 6.07) is 46.3. The van der Waals surface area contributed by atoms with Gasteiger partial charge in [0.1, 0.15) is 0 Å². The van der Waals surface area contributed by atoms with Crippen molar-refractivity contribution in [2.24, 2.45) is 0 Å². The fraction of sp³-hybridized carbons (Fsp3) is 0. The molecule has 0 N–H and O–H groups in total. The summed E-state index contributed by atoms with van der Waals surface area (Å²) in [7, 11) is 0. The number of pyridine rings is 1. The third-order valence-electron chi connectivity index (χ3n) is 7.68. The van der Waals surface area contributed by atoms with Crippen LogP contribution in [0.25, 0.3) is 10.2 Å². The summed E-state index contributed by atoms with van der Waals surface area (Å²) in [6.07, 6.45) is 3.81. The number of fused-ring (bicyclic) bond motifs is 4. The number of thiazole rings is 1. The first-order valence-electron chi connectivity index (χ1n) is 14.4. The van der Waals surface area contributed by atoms with Gasteiger partial charge >= 0.3 is 236 Å². The number of hydrogen-bond acceptors (Lipinski definition) is 7. The third kappa shape index (κ3) is 5.08. The van der Waals surface area contributed by atoms with E-state index in [1.165, 1.54) is 8.92 Å². The Morgan fingerprint density at radius 3 is 2.35 bits per heavy atom. The Bertz CT molecular complexity index is 2180. The molecule has 9 heteroatoms. The van der Waals surface area contributed by atoms with Crippen LogP contribution in [0.5, 0.6) is 11.5 Å². The molecular weight excluding hydrogens is 837 g/mol. The summed E-state index contributed by atoms with van der Waals surface area (Å²) in [5.41, 5.74) is 7.20. The summed E-state index contributed by atoms with van der Waals surface area (Å²) in [6.45, 7) is 2.10. The Kier molecular flexibility index (Phi) is 7.59. The number of para-hydroxylation sites is 4. The van der Waals surface area contributed by atoms with Gasteiger partial charge in [-0.3, -0.25) is 0 Å². The van der Waals surface area contributed by atoms with E-state index < -0.39 is 0 Å². The normalized spacial score (nSPS) is 13.2. The van der Waals surface area contributed by atoms with Crippen LogP contribution in [0.1, 0.15) is 0 Å². The summed E-state index contributed by atoms with van der Waals surface area (Å²) >= 11 is 1.75. The molecule has 2 aliphatic rings. The molecule has 0 saturated carbocycles. The molecule has 226 valence electrons. The van der Waals surface area contributed by atoms with Gasteiger partial charge in [0.2, 0.25) is 0 Å². The number of nitrogens with zero attached hydrogens (tertiary/aromatic N) is 5. The molecule has 2 aromatic heterocycles. The van der Waals surface area contributed by atoms with Crippen molar-refractivity contribution in [3.63, 3.8) is 0 Å². The topological polar surface area (TPSA) is 44.7 Å². The predicted molar refractivity (Wildman–Crippen MR) is 183 cm³/mol. The molecule has 2 aliphatic heterocycles. The molecule has 0 aliphatic carbocycles. The molecule has 0 radical (unpaired) electrons. The van der Waals surface area contributed by atoms with Gasteiger partial charge in [0.15, 0.2) is 0 Å². The fourth-order valence-corrected chi connectivity index (χ4v) is 8.70. The molecule has 5 aromatic carbocycles. The second kappa shape index (κ2) is 12.0. The van der Waals surface area contributed by atoms with E-state index in [9.17, 15) is 0 Å². The zero-order valence-electron chi connectivity index (χ0n) is 24.0. The zero-order valence-corrected chi connectivity index (χ0v) is 28.8. The van der Waals surface area contributed by atoms with E-state index in [2.05, 4.69) is 117 Å². The Hall–Kier alpha value is -4.45. The summed E-state index contributed by atoms with van der Waals surface area (Å²) in [4.78, 5) is 16.0. The van der Waals surface area contributed by atoms with E-state index in [1.807, 2.05) is 48.8 Å². The quantitative estimate of drug-likeness (QED) is 0.130. The van der Waals surface area contributed by atoms with Crippen molar-refractivity contribution in [1.29, 1.82) is 0 Å². The van der Waals surface area contributed by atoms with E-state index in [0.717, 1.165) is 49.5 Å². The van der Waals surface area contributed by atoms with Gasteiger partial charge < -0.3 is 0 Å². The second-order valence-electron chi connectivity index (χ2n) is 10.5. The molecule has 0 amide bonds. The molecule has 0 unspecified atom stereocenters. The first-order valence-corrected chi connectivity index (χ1v) is 16.9. The second-order valence-corrected chi connectivity index (χ2v) is 13.7. The van der Waals surface area contributed by atoms with Crippen LogP contribution in [0.4, 0.5) is 39.3 Å². The van der Waals surface area contributed by atoms with Crippen LogP contribution in [0.3, 0.4) is 0 Å². The molecule has 6 nitrogen and oxygen atoms in total. The predicted octanol–water partition coefficient (Wildman–Crippen LogP) is 7.93. The Balaban J connectivity index is 0.00000312. The van der Waals surface area contributed by atoms with Crippen molar-refractivity contribution in [2.75, 3.05) is 14.7 Å². The molecule has 4 heterocycles. The van der Waals surface area contributed by atoms with E-state index in [-0.39, 0.29) is 36.0 Å². The first-order chi connectivity index (χ1) is 22.3. The number of ether oxygens (including phenoxy) is 1. The average Bonchev–Trinajstić information content (AvgIpc) is 3.70. The van der Waals surface area contributed by atoms with Crippen LogP contribution >= 0.6 is 11.3 Å². The molecule has 7 aromatic rings. The van der Waals surface area contributed by atoms with E-state index >= 15 is 0 Å². The molecule has 0 atom stereocenters. The van der Waals surface area contributed by atoms with Crippen molar-refractivity contribution in [3.05, 3.63) is 146 Å². The summed E-state index contributed by atoms with van der Waals surface area (Å²) < 4.78 is 10.0. The van der Waals surface area contributed by atoms with Crippen molar-refractivity contribution in [1.82, 2.24) is 9.97 Å². The van der Waals surface area contributed by atoms with Crippen molar-refractivity contribution >= 4 is 84.7 Å². The molecule has 9 rings (SSSR count). The van der Waals surface area contributed by atoms with Gasteiger partial charge in [-0.15, -0.1) is 0 Å². The summed E-state index contributed by atoms with van der Waals surface area (Å²) in [5.74, 6) is 1.24. The average molecular weight is 859 g/mol. The van der Waals surface area contributed by atoms with Crippen LogP contribution in [0.15, 0.2) is 128 Å². The first kappa shape index (κ1) is 29.0. The standard InChI is InChI=1S/C37H22N5OSSe.Pt/c1-2-9-25(10-3-1)40-24-41(31-15-6-5-14-30(31)40)26-11-8-12-27(21-26)43-28-17-18-35-33(22-28)42(32-19-20-38-23-36(32)45-35)37-39-29-13-4-7-16-34(29)44-37;/h1-20,23-24H;/q-3;. The number of rotatable bonds is 5. The number of aromatic nitrogens is 2.